The molecule has 2 aromatic carbocycles. The molecule has 0 aliphatic carbocycles. The molecule has 2 aromatic rings. The first-order valence-electron chi connectivity index (χ1n) is 7.65. The molecule has 0 saturated heterocycles. The molecule has 0 fully saturated rings. The minimum absolute atomic E-state index is 0.125. The summed E-state index contributed by atoms with van der Waals surface area (Å²) in [5, 5.41) is 3.53. The fraction of sp³-hybridized carbons (Fsp3) is 0.368. The van der Waals surface area contributed by atoms with Crippen molar-refractivity contribution >= 4 is 0 Å². The summed E-state index contributed by atoms with van der Waals surface area (Å²) >= 11 is 0. The summed E-state index contributed by atoms with van der Waals surface area (Å²) in [6.45, 7) is 6.98. The Morgan fingerprint density at radius 2 is 1.90 bits per heavy atom. The first kappa shape index (κ1) is 15.7. The fourth-order valence-corrected chi connectivity index (χ4v) is 2.53. The van der Waals surface area contributed by atoms with Gasteiger partial charge in [-0.2, -0.15) is 0 Å². The van der Waals surface area contributed by atoms with Crippen molar-refractivity contribution in [3.05, 3.63) is 70.5 Å². The summed E-state index contributed by atoms with van der Waals surface area (Å²) in [6, 6.07) is 14.2. The second kappa shape index (κ2) is 7.37. The Labute approximate surface area is 127 Å². The molecule has 0 aliphatic heterocycles. The normalized spacial score (nSPS) is 12.4. The van der Waals surface area contributed by atoms with Gasteiger partial charge in [0.1, 0.15) is 5.82 Å². The minimum Gasteiger partial charge on any atom is -0.310 e. The molecule has 0 heterocycles. The van der Waals surface area contributed by atoms with Crippen LogP contribution in [0.4, 0.5) is 4.39 Å². The van der Waals surface area contributed by atoms with Crippen LogP contribution in [0.15, 0.2) is 42.5 Å². The van der Waals surface area contributed by atoms with E-state index >= 15 is 0 Å². The summed E-state index contributed by atoms with van der Waals surface area (Å²) in [5.74, 6) is -0.125. The highest BCUT2D eigenvalue weighted by Gasteiger charge is 2.13. The third-order valence-electron chi connectivity index (χ3n) is 3.76. The monoisotopic (exact) mass is 285 g/mol. The summed E-state index contributed by atoms with van der Waals surface area (Å²) in [5.41, 5.74) is 4.26. The van der Waals surface area contributed by atoms with Crippen LogP contribution in [0.1, 0.15) is 41.6 Å². The molecule has 0 radical (unpaired) electrons. The lowest BCUT2D eigenvalue weighted by Gasteiger charge is -2.20. The molecule has 0 spiro atoms. The average molecular weight is 285 g/mol. The van der Waals surface area contributed by atoms with Gasteiger partial charge in [0, 0.05) is 6.04 Å². The smallest absolute Gasteiger partial charge is 0.126 e. The minimum atomic E-state index is -0.125. The number of hydrogen-bond donors (Lipinski definition) is 1. The predicted molar refractivity (Wildman–Crippen MR) is 87.1 cm³/mol. The van der Waals surface area contributed by atoms with Crippen LogP contribution in [0.2, 0.25) is 0 Å². The van der Waals surface area contributed by atoms with Gasteiger partial charge in [-0.3, -0.25) is 0 Å². The van der Waals surface area contributed by atoms with Crippen molar-refractivity contribution in [1.82, 2.24) is 5.32 Å². The van der Waals surface area contributed by atoms with Gasteiger partial charge in [0.25, 0.3) is 0 Å². The standard InChI is InChI=1S/C19H24FN/c1-4-10-21-19(12-16-7-5-6-14(2)11-16)17-9-8-15(3)18(20)13-17/h5-9,11,13,19,21H,4,10,12H2,1-3H3. The zero-order valence-corrected chi connectivity index (χ0v) is 13.1. The second-order valence-electron chi connectivity index (χ2n) is 5.71. The number of rotatable bonds is 6. The molecular formula is C19H24FN. The summed E-state index contributed by atoms with van der Waals surface area (Å²) in [4.78, 5) is 0. The Hall–Kier alpha value is -1.67. The van der Waals surface area contributed by atoms with Crippen LogP contribution >= 0.6 is 0 Å². The van der Waals surface area contributed by atoms with Crippen molar-refractivity contribution < 1.29 is 4.39 Å². The van der Waals surface area contributed by atoms with E-state index in [9.17, 15) is 4.39 Å². The maximum absolute atomic E-state index is 13.8. The van der Waals surface area contributed by atoms with Crippen molar-refractivity contribution in [3.8, 4) is 0 Å². The highest BCUT2D eigenvalue weighted by Crippen LogP contribution is 2.21. The Morgan fingerprint density at radius 1 is 1.10 bits per heavy atom. The van der Waals surface area contributed by atoms with Gasteiger partial charge in [0.2, 0.25) is 0 Å². The zero-order valence-electron chi connectivity index (χ0n) is 13.1. The first-order valence-corrected chi connectivity index (χ1v) is 7.65. The topological polar surface area (TPSA) is 12.0 Å². The van der Waals surface area contributed by atoms with Crippen molar-refractivity contribution in [2.24, 2.45) is 0 Å². The highest BCUT2D eigenvalue weighted by molar-refractivity contribution is 5.29. The molecule has 0 amide bonds. The quantitative estimate of drug-likeness (QED) is 0.809. The Balaban J connectivity index is 2.22. The van der Waals surface area contributed by atoms with E-state index < -0.39 is 0 Å². The van der Waals surface area contributed by atoms with E-state index in [0.29, 0.717) is 5.56 Å². The van der Waals surface area contributed by atoms with Gasteiger partial charge in [-0.25, -0.2) is 4.39 Å². The Bertz CT molecular complexity index is 592. The SMILES string of the molecule is CCCNC(Cc1cccc(C)c1)c1ccc(C)c(F)c1. The average Bonchev–Trinajstić information content (AvgIpc) is 2.46. The van der Waals surface area contributed by atoms with Crippen LogP contribution in [-0.2, 0) is 6.42 Å². The van der Waals surface area contributed by atoms with Crippen LogP contribution in [0.3, 0.4) is 0 Å². The lowest BCUT2D eigenvalue weighted by Crippen LogP contribution is -2.24. The highest BCUT2D eigenvalue weighted by atomic mass is 19.1. The number of benzene rings is 2. The van der Waals surface area contributed by atoms with E-state index in [4.69, 9.17) is 0 Å². The van der Waals surface area contributed by atoms with Crippen molar-refractivity contribution in [1.29, 1.82) is 0 Å². The molecule has 2 heteroatoms. The fourth-order valence-electron chi connectivity index (χ4n) is 2.53. The maximum Gasteiger partial charge on any atom is 0.126 e. The van der Waals surface area contributed by atoms with E-state index in [-0.39, 0.29) is 11.9 Å². The largest absolute Gasteiger partial charge is 0.310 e. The summed E-state index contributed by atoms with van der Waals surface area (Å²) in [7, 11) is 0. The third-order valence-corrected chi connectivity index (χ3v) is 3.76. The van der Waals surface area contributed by atoms with Crippen LogP contribution in [-0.4, -0.2) is 6.54 Å². The van der Waals surface area contributed by atoms with Gasteiger partial charge < -0.3 is 5.32 Å². The number of nitrogens with one attached hydrogen (secondary N) is 1. The first-order chi connectivity index (χ1) is 10.1. The van der Waals surface area contributed by atoms with Crippen LogP contribution < -0.4 is 5.32 Å². The van der Waals surface area contributed by atoms with Gasteiger partial charge in [-0.05, 0) is 56.0 Å². The van der Waals surface area contributed by atoms with Crippen molar-refractivity contribution in [3.63, 3.8) is 0 Å². The predicted octanol–water partition coefficient (Wildman–Crippen LogP) is 4.73. The number of hydrogen-bond acceptors (Lipinski definition) is 1. The molecule has 1 nitrogen and oxygen atoms in total. The molecule has 1 unspecified atom stereocenters. The second-order valence-corrected chi connectivity index (χ2v) is 5.71. The molecule has 1 atom stereocenters. The molecule has 0 aliphatic rings. The summed E-state index contributed by atoms with van der Waals surface area (Å²) < 4.78 is 13.8. The lowest BCUT2D eigenvalue weighted by atomic mass is 9.97. The third kappa shape index (κ3) is 4.40. The molecule has 2 rings (SSSR count). The molecule has 0 bridgehead atoms. The number of halogens is 1. The van der Waals surface area contributed by atoms with Crippen LogP contribution in [0.5, 0.6) is 0 Å². The van der Waals surface area contributed by atoms with Gasteiger partial charge in [0.15, 0.2) is 0 Å². The van der Waals surface area contributed by atoms with Gasteiger partial charge in [0.05, 0.1) is 0 Å². The Morgan fingerprint density at radius 3 is 2.57 bits per heavy atom. The zero-order chi connectivity index (χ0) is 15.2. The van der Waals surface area contributed by atoms with E-state index in [0.717, 1.165) is 24.9 Å². The van der Waals surface area contributed by atoms with E-state index in [1.54, 1.807) is 13.0 Å². The molecule has 21 heavy (non-hydrogen) atoms. The van der Waals surface area contributed by atoms with Gasteiger partial charge in [-0.1, -0.05) is 48.9 Å². The van der Waals surface area contributed by atoms with Gasteiger partial charge >= 0.3 is 0 Å². The van der Waals surface area contributed by atoms with Crippen LogP contribution in [0, 0.1) is 19.7 Å². The van der Waals surface area contributed by atoms with E-state index in [1.165, 1.54) is 11.1 Å². The molecular weight excluding hydrogens is 261 g/mol. The Kier molecular flexibility index (Phi) is 5.51. The maximum atomic E-state index is 13.8. The molecule has 1 N–H and O–H groups in total. The summed E-state index contributed by atoms with van der Waals surface area (Å²) in [6.07, 6.45) is 1.95. The van der Waals surface area contributed by atoms with E-state index in [1.807, 2.05) is 12.1 Å². The van der Waals surface area contributed by atoms with Crippen LogP contribution in [0.25, 0.3) is 0 Å². The number of aryl methyl sites for hydroxylation is 2. The van der Waals surface area contributed by atoms with E-state index in [2.05, 4.69) is 43.4 Å². The van der Waals surface area contributed by atoms with Gasteiger partial charge in [-0.15, -0.1) is 0 Å². The van der Waals surface area contributed by atoms with Crippen molar-refractivity contribution in [2.75, 3.05) is 6.54 Å². The molecule has 0 saturated carbocycles. The van der Waals surface area contributed by atoms with Crippen molar-refractivity contribution in [2.45, 2.75) is 39.7 Å². The lowest BCUT2D eigenvalue weighted by molar-refractivity contribution is 0.523. The molecule has 112 valence electrons. The molecule has 0 aromatic heterocycles.